The Balaban J connectivity index is 1.38. The molecule has 0 unspecified atom stereocenters. The Labute approximate surface area is 326 Å². The highest BCUT2D eigenvalue weighted by Crippen LogP contribution is 2.46. The molecule has 1 fully saturated rings. The molecule has 3 heterocycles. The number of hydrogen-bond donors (Lipinski definition) is 5. The molecule has 5 aliphatic rings. The van der Waals surface area contributed by atoms with E-state index >= 15 is 4.79 Å². The summed E-state index contributed by atoms with van der Waals surface area (Å²) >= 11 is 0. The van der Waals surface area contributed by atoms with Gasteiger partial charge in [-0.1, -0.05) is 49.5 Å². The van der Waals surface area contributed by atoms with Crippen molar-refractivity contribution in [2.75, 3.05) is 0 Å². The molecular weight excluding hydrogens is 712 g/mol. The van der Waals surface area contributed by atoms with Crippen LogP contribution in [0.2, 0.25) is 0 Å². The number of rotatable bonds is 4. The van der Waals surface area contributed by atoms with Gasteiger partial charge in [0.1, 0.15) is 34.7 Å². The quantitative estimate of drug-likeness (QED) is 0.129. The molecule has 0 amide bonds. The molecule has 3 aromatic carbocycles. The number of fused-ring (bicyclic) bond motifs is 9. The molecule has 8 rings (SSSR count). The maximum Gasteiger partial charge on any atom is 0.334 e. The summed E-state index contributed by atoms with van der Waals surface area (Å²) in [4.78, 5) is 41.5. The van der Waals surface area contributed by atoms with Gasteiger partial charge in [0.25, 0.3) is 0 Å². The lowest BCUT2D eigenvalue weighted by Gasteiger charge is -2.45. The predicted octanol–water partition coefficient (Wildman–Crippen LogP) is 5.55. The number of esters is 2. The smallest absolute Gasteiger partial charge is 0.334 e. The predicted molar refractivity (Wildman–Crippen MR) is 205 cm³/mol. The minimum Gasteiger partial charge on any atom is -0.508 e. The SMILES string of the molecule is CCC[C@@]1(O)[C@@H]2CCC(=O)[C@@H](Cc3ccc4c(c3)C[C@H](O)C(=C3C[C@@H](c5cc(O)cc(CO)c5)C#C[C@@H]5CC(=O)Oc6cc(O)c(cc65)C[C@H]1OC3=O)CC4)C2. The third-order valence-electron chi connectivity index (χ3n) is 12.8. The molecule has 0 saturated heterocycles. The van der Waals surface area contributed by atoms with Gasteiger partial charge in [-0.2, -0.15) is 0 Å². The second-order valence-electron chi connectivity index (χ2n) is 16.4. The van der Waals surface area contributed by atoms with E-state index in [-0.39, 0.29) is 79.7 Å². The average molecular weight is 761 g/mol. The van der Waals surface area contributed by atoms with E-state index in [9.17, 15) is 35.1 Å². The maximum absolute atomic E-state index is 15.1. The number of aryl methyl sites for hydroxylation is 1. The maximum atomic E-state index is 15.1. The van der Waals surface area contributed by atoms with Gasteiger partial charge >= 0.3 is 11.9 Å². The second kappa shape index (κ2) is 15.2. The van der Waals surface area contributed by atoms with Crippen LogP contribution < -0.4 is 4.74 Å². The fourth-order valence-electron chi connectivity index (χ4n) is 9.88. The first-order chi connectivity index (χ1) is 26.9. The van der Waals surface area contributed by atoms with Crippen LogP contribution in [0, 0.1) is 23.7 Å². The fourth-order valence-corrected chi connectivity index (χ4v) is 9.88. The molecule has 0 spiro atoms. The molecule has 56 heavy (non-hydrogen) atoms. The normalized spacial score (nSPS) is 28.8. The molecule has 1 saturated carbocycles. The first kappa shape index (κ1) is 37.9. The van der Waals surface area contributed by atoms with Gasteiger partial charge in [-0.25, -0.2) is 4.79 Å². The van der Waals surface area contributed by atoms with Crippen molar-refractivity contribution in [1.29, 1.82) is 0 Å². The molecule has 9 bridgehead atoms. The van der Waals surface area contributed by atoms with Crippen LogP contribution in [0.1, 0.15) is 109 Å². The number of hydrogen-bond acceptors (Lipinski definition) is 10. The number of aliphatic hydroxyl groups is 3. The molecule has 3 aliphatic heterocycles. The summed E-state index contributed by atoms with van der Waals surface area (Å²) in [7, 11) is 0. The number of benzene rings is 3. The van der Waals surface area contributed by atoms with Gasteiger partial charge in [-0.05, 0) is 108 Å². The summed E-state index contributed by atoms with van der Waals surface area (Å²) in [6, 6.07) is 13.9. The van der Waals surface area contributed by atoms with Crippen molar-refractivity contribution in [2.45, 2.75) is 120 Å². The molecule has 0 aromatic heterocycles. The van der Waals surface area contributed by atoms with Gasteiger partial charge in [0.15, 0.2) is 0 Å². The molecule has 292 valence electrons. The van der Waals surface area contributed by atoms with Gasteiger partial charge < -0.3 is 35.0 Å². The van der Waals surface area contributed by atoms with Crippen LogP contribution in [0.5, 0.6) is 17.2 Å². The Kier molecular flexibility index (Phi) is 10.3. The summed E-state index contributed by atoms with van der Waals surface area (Å²) in [5.74, 6) is 3.14. The minimum atomic E-state index is -1.61. The Morgan fingerprint density at radius 3 is 2.48 bits per heavy atom. The summed E-state index contributed by atoms with van der Waals surface area (Å²) in [5.41, 5.74) is 3.97. The lowest BCUT2D eigenvalue weighted by atomic mass is 9.66. The van der Waals surface area contributed by atoms with E-state index in [0.29, 0.717) is 66.4 Å². The van der Waals surface area contributed by atoms with Crippen LogP contribution in [0.15, 0.2) is 59.7 Å². The van der Waals surface area contributed by atoms with Crippen molar-refractivity contribution in [3.63, 3.8) is 0 Å². The van der Waals surface area contributed by atoms with Crippen molar-refractivity contribution in [2.24, 2.45) is 11.8 Å². The summed E-state index contributed by atoms with van der Waals surface area (Å²) < 4.78 is 12.2. The monoisotopic (exact) mass is 760 g/mol. The van der Waals surface area contributed by atoms with E-state index in [1.165, 1.54) is 18.2 Å². The average Bonchev–Trinajstić information content (AvgIpc) is 3.31. The third kappa shape index (κ3) is 7.24. The fraction of sp³-hybridized carbons (Fsp3) is 0.457. The highest BCUT2D eigenvalue weighted by Gasteiger charge is 2.49. The second-order valence-corrected chi connectivity index (χ2v) is 16.4. The Bertz CT molecular complexity index is 2190. The third-order valence-corrected chi connectivity index (χ3v) is 12.8. The Morgan fingerprint density at radius 1 is 0.857 bits per heavy atom. The first-order valence-electron chi connectivity index (χ1n) is 19.9. The zero-order chi connectivity index (χ0) is 39.3. The minimum absolute atomic E-state index is 0.0417. The highest BCUT2D eigenvalue weighted by molar-refractivity contribution is 5.90. The molecule has 3 aromatic rings. The van der Waals surface area contributed by atoms with Crippen LogP contribution in [0.25, 0.3) is 0 Å². The van der Waals surface area contributed by atoms with Gasteiger partial charge in [-0.3, -0.25) is 9.59 Å². The van der Waals surface area contributed by atoms with E-state index in [2.05, 4.69) is 24.0 Å². The van der Waals surface area contributed by atoms with E-state index in [4.69, 9.17) is 9.47 Å². The van der Waals surface area contributed by atoms with Gasteiger partial charge in [0.2, 0.25) is 0 Å². The Hall–Kier alpha value is -4.95. The zero-order valence-corrected chi connectivity index (χ0v) is 31.6. The Morgan fingerprint density at radius 2 is 1.68 bits per heavy atom. The molecule has 10 heteroatoms. The zero-order valence-electron chi connectivity index (χ0n) is 31.6. The van der Waals surface area contributed by atoms with Crippen LogP contribution >= 0.6 is 0 Å². The lowest BCUT2D eigenvalue weighted by Crippen LogP contribution is -2.54. The lowest BCUT2D eigenvalue weighted by molar-refractivity contribution is -0.176. The van der Waals surface area contributed by atoms with Crippen molar-refractivity contribution in [3.8, 4) is 29.1 Å². The van der Waals surface area contributed by atoms with Gasteiger partial charge in [-0.15, -0.1) is 0 Å². The largest absolute Gasteiger partial charge is 0.508 e. The molecule has 0 radical (unpaired) electrons. The van der Waals surface area contributed by atoms with Crippen LogP contribution in [0.3, 0.4) is 0 Å². The van der Waals surface area contributed by atoms with Gasteiger partial charge in [0, 0.05) is 48.3 Å². The van der Waals surface area contributed by atoms with Crippen LogP contribution in [0.4, 0.5) is 0 Å². The van der Waals surface area contributed by atoms with Crippen LogP contribution in [-0.4, -0.2) is 61.1 Å². The number of Topliss-reactive ketones (excluding diaryl/α,β-unsaturated/α-hetero) is 1. The van der Waals surface area contributed by atoms with E-state index in [1.807, 2.05) is 13.0 Å². The molecule has 5 N–H and O–H groups in total. The van der Waals surface area contributed by atoms with E-state index in [1.54, 1.807) is 12.1 Å². The summed E-state index contributed by atoms with van der Waals surface area (Å²) in [6.45, 7) is 1.60. The number of phenols is 2. The number of aromatic hydroxyl groups is 2. The molecular formula is C46H48O10. The molecule has 2 aliphatic carbocycles. The molecule has 10 nitrogen and oxygen atoms in total. The highest BCUT2D eigenvalue weighted by atomic mass is 16.6. The number of ether oxygens (including phenoxy) is 2. The summed E-state index contributed by atoms with van der Waals surface area (Å²) in [6.07, 6.45) is 1.06. The van der Waals surface area contributed by atoms with Gasteiger partial charge in [0.05, 0.1) is 25.0 Å². The van der Waals surface area contributed by atoms with Crippen molar-refractivity contribution < 1.29 is 49.4 Å². The van der Waals surface area contributed by atoms with E-state index in [0.717, 1.165) is 16.7 Å². The number of ketones is 1. The van der Waals surface area contributed by atoms with Crippen LogP contribution in [-0.2, 0) is 51.4 Å². The standard InChI is InChI=1S/C46H48O10/c1-2-11-46(54)34-8-10-39(49)32(16-34)13-25-3-4-27-7-9-36(41(51)20-31(27)12-25)38-18-28(30-14-26(24-47)15-35(48)17-30)5-6-29-22-44(52)55-42-23-40(50)33(19-37(29)42)21-43(46)56-45(38)53/h3-4,12,14-15,17,19,23,28-29,32,34,41,43,47-48,50-51,54H,2,7-11,13,16,18,20-22,24H2,1H3/t28-,29+,32-,34+,41-,43+,46+/m0/s1. The first-order valence-corrected chi connectivity index (χ1v) is 19.9. The van der Waals surface area contributed by atoms with Crippen molar-refractivity contribution in [1.82, 2.24) is 0 Å². The van der Waals surface area contributed by atoms with Crippen molar-refractivity contribution >= 4 is 17.7 Å². The number of phenolic OH excluding ortho intramolecular Hbond substituents is 2. The number of carbonyl (C=O) groups excluding carboxylic acids is 3. The topological polar surface area (TPSA) is 171 Å². The summed E-state index contributed by atoms with van der Waals surface area (Å²) in [5, 5.41) is 57.4. The number of carbonyl (C=O) groups is 3. The molecule has 7 atom stereocenters. The van der Waals surface area contributed by atoms with E-state index < -0.39 is 47.5 Å². The van der Waals surface area contributed by atoms with Crippen molar-refractivity contribution in [3.05, 3.63) is 98.6 Å². The number of aliphatic hydroxyl groups excluding tert-OH is 2.